The second kappa shape index (κ2) is 15.9. The molecule has 4 aliphatic rings. The molecule has 13 nitrogen and oxygen atoms in total. The Bertz CT molecular complexity index is 2430. The van der Waals surface area contributed by atoms with Gasteiger partial charge in [0.2, 0.25) is 27.7 Å². The number of aryl methyl sites for hydroxylation is 2. The SMILES string of the molecule is Cc1ccc(S(=O)(=O)N2CC[C@@H]3[C@H](CO)Nc4ccc(-c5cccc(NC(=O)CCCCCc6cccc7c6C(=O)N(C6CCC(=O)NC6=O)C7=O)c5)cc4[C@@H]32)cc1. The van der Waals surface area contributed by atoms with E-state index in [1.165, 1.54) is 0 Å². The summed E-state index contributed by atoms with van der Waals surface area (Å²) >= 11 is 0. The predicted molar refractivity (Wildman–Crippen MR) is 216 cm³/mol. The first-order chi connectivity index (χ1) is 27.9. The Labute approximate surface area is 336 Å². The van der Waals surface area contributed by atoms with Crippen molar-refractivity contribution >= 4 is 50.9 Å². The van der Waals surface area contributed by atoms with Crippen LogP contribution in [-0.4, -0.2) is 77.5 Å². The van der Waals surface area contributed by atoms with Crippen LogP contribution < -0.4 is 16.0 Å². The number of anilines is 2. The van der Waals surface area contributed by atoms with Gasteiger partial charge in [-0.1, -0.05) is 54.4 Å². The summed E-state index contributed by atoms with van der Waals surface area (Å²) < 4.78 is 29.5. The summed E-state index contributed by atoms with van der Waals surface area (Å²) in [7, 11) is -3.81. The topological polar surface area (TPSA) is 182 Å². The number of nitrogens with zero attached hydrogens (tertiary/aromatic N) is 2. The summed E-state index contributed by atoms with van der Waals surface area (Å²) in [6.07, 6.45) is 3.55. The number of unbranched alkanes of at least 4 members (excludes halogenated alkanes) is 2. The van der Waals surface area contributed by atoms with Crippen LogP contribution in [0.15, 0.2) is 89.8 Å². The zero-order chi connectivity index (χ0) is 40.7. The first kappa shape index (κ1) is 39.1. The molecule has 1 unspecified atom stereocenters. The van der Waals surface area contributed by atoms with Crippen molar-refractivity contribution < 1.29 is 37.5 Å². The van der Waals surface area contributed by atoms with E-state index in [9.17, 15) is 37.5 Å². The number of rotatable bonds is 12. The maximum atomic E-state index is 14.0. The zero-order valence-electron chi connectivity index (χ0n) is 32.1. The Morgan fingerprint density at radius 2 is 1.66 bits per heavy atom. The van der Waals surface area contributed by atoms with Crippen molar-refractivity contribution in [1.82, 2.24) is 14.5 Å². The van der Waals surface area contributed by atoms with Crippen molar-refractivity contribution in [2.75, 3.05) is 23.8 Å². The standard InChI is InChI=1S/C44H45N5O8S/c1-26-13-16-31(17-14-26)58(56,57)48-22-21-32-36(25-50)46-35-18-15-29(24-34(35)41(32)48)28-9-5-10-30(23-28)45-38(51)12-4-2-3-7-27-8-6-11-33-40(27)44(55)49(43(33)54)37-19-20-39(52)47-42(37)53/h5-6,8-11,13-18,23-24,32,36-37,41,46,50H,2-4,7,12,19-22,25H2,1H3,(H,45,51)(H,47,52,53)/t32-,36+,37?,41-/m1/s1. The summed E-state index contributed by atoms with van der Waals surface area (Å²) in [5, 5.41) is 18.9. The van der Waals surface area contributed by atoms with Crippen molar-refractivity contribution in [3.8, 4) is 11.1 Å². The molecule has 5 amide bonds. The number of amides is 5. The summed E-state index contributed by atoms with van der Waals surface area (Å²) in [4.78, 5) is 64.9. The predicted octanol–water partition coefficient (Wildman–Crippen LogP) is 5.34. The third-order valence-electron chi connectivity index (χ3n) is 11.8. The van der Waals surface area contributed by atoms with Crippen LogP contribution >= 0.6 is 0 Å². The van der Waals surface area contributed by atoms with Gasteiger partial charge in [0.25, 0.3) is 11.8 Å². The van der Waals surface area contributed by atoms with E-state index in [1.807, 2.05) is 49.4 Å². The molecule has 58 heavy (non-hydrogen) atoms. The van der Waals surface area contributed by atoms with Gasteiger partial charge in [0.1, 0.15) is 6.04 Å². The number of hydrogen-bond donors (Lipinski definition) is 4. The maximum absolute atomic E-state index is 14.0. The Morgan fingerprint density at radius 1 is 0.879 bits per heavy atom. The largest absolute Gasteiger partial charge is 0.394 e. The number of hydrogen-bond acceptors (Lipinski definition) is 9. The number of piperidine rings is 1. The fourth-order valence-electron chi connectivity index (χ4n) is 8.89. The number of carbonyl (C=O) groups excluding carboxylic acids is 5. The van der Waals surface area contributed by atoms with Crippen LogP contribution in [0.2, 0.25) is 0 Å². The molecule has 14 heteroatoms. The number of nitrogens with one attached hydrogen (secondary N) is 3. The van der Waals surface area contributed by atoms with Gasteiger partial charge in [-0.15, -0.1) is 0 Å². The highest BCUT2D eigenvalue weighted by atomic mass is 32.2. The van der Waals surface area contributed by atoms with Gasteiger partial charge in [0.05, 0.1) is 34.7 Å². The summed E-state index contributed by atoms with van der Waals surface area (Å²) in [6, 6.07) is 23.6. The van der Waals surface area contributed by atoms with Gasteiger partial charge in [-0.2, -0.15) is 4.31 Å². The smallest absolute Gasteiger partial charge is 0.262 e. The van der Waals surface area contributed by atoms with E-state index in [0.717, 1.165) is 32.8 Å². The van der Waals surface area contributed by atoms with E-state index in [-0.39, 0.29) is 54.2 Å². The van der Waals surface area contributed by atoms with Crippen molar-refractivity contribution in [3.63, 3.8) is 0 Å². The average Bonchev–Trinajstić information content (AvgIpc) is 3.78. The molecule has 4 aliphatic heterocycles. The molecular weight excluding hydrogens is 759 g/mol. The quantitative estimate of drug-likeness (QED) is 0.109. The first-order valence-electron chi connectivity index (χ1n) is 19.8. The molecule has 0 bridgehead atoms. The minimum atomic E-state index is -3.81. The molecule has 0 aliphatic carbocycles. The fraction of sp³-hybridized carbons (Fsp3) is 0.341. The summed E-state index contributed by atoms with van der Waals surface area (Å²) in [5.74, 6) is -2.38. The number of sulfonamides is 1. The minimum absolute atomic E-state index is 0.0561. The molecule has 4 aromatic carbocycles. The number of aliphatic hydroxyl groups is 1. The monoisotopic (exact) mass is 803 g/mol. The normalized spacial score (nSPS) is 21.6. The molecule has 0 radical (unpaired) electrons. The lowest BCUT2D eigenvalue weighted by atomic mass is 9.82. The van der Waals surface area contributed by atoms with Crippen molar-refractivity contribution in [3.05, 3.63) is 113 Å². The molecule has 4 atom stereocenters. The van der Waals surface area contributed by atoms with Crippen LogP contribution in [0.25, 0.3) is 11.1 Å². The van der Waals surface area contributed by atoms with Gasteiger partial charge in [0, 0.05) is 36.7 Å². The molecule has 4 N–H and O–H groups in total. The number of carbonyl (C=O) groups is 5. The molecular formula is C44H45N5O8S. The van der Waals surface area contributed by atoms with Crippen LogP contribution in [0.3, 0.4) is 0 Å². The average molecular weight is 804 g/mol. The van der Waals surface area contributed by atoms with Gasteiger partial charge in [-0.05, 0) is 104 Å². The second-order valence-corrected chi connectivity index (χ2v) is 17.4. The highest BCUT2D eigenvalue weighted by Crippen LogP contribution is 2.49. The molecule has 2 fully saturated rings. The fourth-order valence-corrected chi connectivity index (χ4v) is 10.6. The highest BCUT2D eigenvalue weighted by Gasteiger charge is 2.49. The number of imide groups is 2. The number of aliphatic hydroxyl groups excluding tert-OH is 1. The minimum Gasteiger partial charge on any atom is -0.394 e. The van der Waals surface area contributed by atoms with Crippen LogP contribution in [0.1, 0.15) is 88.4 Å². The van der Waals surface area contributed by atoms with Crippen molar-refractivity contribution in [2.45, 2.75) is 81.3 Å². The first-order valence-corrected chi connectivity index (χ1v) is 21.2. The Hall–Kier alpha value is -5.70. The number of benzene rings is 4. The third kappa shape index (κ3) is 7.31. The van der Waals surface area contributed by atoms with E-state index < -0.39 is 45.7 Å². The van der Waals surface area contributed by atoms with Crippen LogP contribution in [-0.2, 0) is 30.8 Å². The van der Waals surface area contributed by atoms with Gasteiger partial charge in [-0.25, -0.2) is 8.42 Å². The summed E-state index contributed by atoms with van der Waals surface area (Å²) in [5.41, 5.74) is 6.21. The molecule has 0 spiro atoms. The van der Waals surface area contributed by atoms with Crippen LogP contribution in [0.4, 0.5) is 11.4 Å². The van der Waals surface area contributed by atoms with E-state index in [2.05, 4.69) is 16.0 Å². The lowest BCUT2D eigenvalue weighted by Gasteiger charge is -2.39. The maximum Gasteiger partial charge on any atom is 0.262 e. The molecule has 0 aromatic heterocycles. The van der Waals surface area contributed by atoms with Gasteiger partial charge in [-0.3, -0.25) is 34.2 Å². The molecule has 8 rings (SSSR count). The number of fused-ring (bicyclic) bond motifs is 4. The Kier molecular flexibility index (Phi) is 10.7. The van der Waals surface area contributed by atoms with Crippen LogP contribution in [0.5, 0.6) is 0 Å². The van der Waals surface area contributed by atoms with Crippen molar-refractivity contribution in [1.29, 1.82) is 0 Å². The molecule has 0 saturated carbocycles. The van der Waals surface area contributed by atoms with Gasteiger partial charge in [0.15, 0.2) is 0 Å². The van der Waals surface area contributed by atoms with E-state index in [1.54, 1.807) is 46.8 Å². The molecule has 4 heterocycles. The Morgan fingerprint density at radius 3 is 2.43 bits per heavy atom. The van der Waals surface area contributed by atoms with E-state index in [4.69, 9.17) is 0 Å². The second-order valence-electron chi connectivity index (χ2n) is 15.5. The lowest BCUT2D eigenvalue weighted by Crippen LogP contribution is -2.54. The van der Waals surface area contributed by atoms with Gasteiger partial charge >= 0.3 is 0 Å². The molecule has 2 saturated heterocycles. The van der Waals surface area contributed by atoms with Crippen LogP contribution in [0, 0.1) is 12.8 Å². The summed E-state index contributed by atoms with van der Waals surface area (Å²) in [6.45, 7) is 2.14. The van der Waals surface area contributed by atoms with Gasteiger partial charge < -0.3 is 15.7 Å². The van der Waals surface area contributed by atoms with Crippen molar-refractivity contribution in [2.24, 2.45) is 5.92 Å². The van der Waals surface area contributed by atoms with E-state index >= 15 is 0 Å². The third-order valence-corrected chi connectivity index (χ3v) is 13.7. The molecule has 300 valence electrons. The lowest BCUT2D eigenvalue weighted by molar-refractivity contribution is -0.136. The van der Waals surface area contributed by atoms with E-state index in [0.29, 0.717) is 55.5 Å². The zero-order valence-corrected chi connectivity index (χ0v) is 32.9. The Balaban J connectivity index is 0.895. The highest BCUT2D eigenvalue weighted by molar-refractivity contribution is 7.89. The molecule has 4 aromatic rings.